The van der Waals surface area contributed by atoms with Gasteiger partial charge >= 0.3 is 0 Å². The highest BCUT2D eigenvalue weighted by Gasteiger charge is 2.19. The number of fused-ring (bicyclic) bond motifs is 3. The van der Waals surface area contributed by atoms with Crippen LogP contribution in [0.4, 0.5) is 0 Å². The maximum Gasteiger partial charge on any atom is 0.109 e. The minimum Gasteiger partial charge on any atom is -0.328 e. The molecule has 2 N–H and O–H groups in total. The van der Waals surface area contributed by atoms with E-state index in [1.165, 1.54) is 23.3 Å². The summed E-state index contributed by atoms with van der Waals surface area (Å²) in [5, 5.41) is 0. The first-order valence-corrected chi connectivity index (χ1v) is 5.84. The van der Waals surface area contributed by atoms with Crippen molar-refractivity contribution in [3.8, 4) is 0 Å². The molecule has 3 nitrogen and oxygen atoms in total. The Kier molecular flexibility index (Phi) is 1.89. The fraction of sp³-hybridized carbons (Fsp3) is 0.462. The van der Waals surface area contributed by atoms with Crippen molar-refractivity contribution in [3.63, 3.8) is 0 Å². The Balaban J connectivity index is 2.24. The Morgan fingerprint density at radius 1 is 1.38 bits per heavy atom. The van der Waals surface area contributed by atoms with Crippen LogP contribution in [0.15, 0.2) is 18.2 Å². The van der Waals surface area contributed by atoms with Crippen molar-refractivity contribution in [2.45, 2.75) is 38.8 Å². The predicted molar refractivity (Wildman–Crippen MR) is 65.3 cm³/mol. The first-order chi connectivity index (χ1) is 7.55. The summed E-state index contributed by atoms with van der Waals surface area (Å²) in [7, 11) is 0. The zero-order valence-electron chi connectivity index (χ0n) is 9.83. The van der Waals surface area contributed by atoms with Gasteiger partial charge in [-0.25, -0.2) is 4.98 Å². The van der Waals surface area contributed by atoms with Gasteiger partial charge in [0.2, 0.25) is 0 Å². The van der Waals surface area contributed by atoms with E-state index in [2.05, 4.69) is 27.8 Å². The summed E-state index contributed by atoms with van der Waals surface area (Å²) < 4.78 is 2.32. The highest BCUT2D eigenvalue weighted by atomic mass is 15.1. The van der Waals surface area contributed by atoms with Gasteiger partial charge in [0.25, 0.3) is 0 Å². The summed E-state index contributed by atoms with van der Waals surface area (Å²) in [5.74, 6) is 1.22. The molecular weight excluding hydrogens is 198 g/mol. The van der Waals surface area contributed by atoms with E-state index >= 15 is 0 Å². The van der Waals surface area contributed by atoms with Crippen LogP contribution in [0.5, 0.6) is 0 Å². The van der Waals surface area contributed by atoms with Crippen LogP contribution < -0.4 is 5.73 Å². The quantitative estimate of drug-likeness (QED) is 0.792. The number of imidazole rings is 1. The van der Waals surface area contributed by atoms with Gasteiger partial charge in [-0.15, -0.1) is 0 Å². The smallest absolute Gasteiger partial charge is 0.109 e. The van der Waals surface area contributed by atoms with Crippen molar-refractivity contribution in [1.82, 2.24) is 9.55 Å². The van der Waals surface area contributed by atoms with Gasteiger partial charge in [-0.2, -0.15) is 0 Å². The molecule has 0 unspecified atom stereocenters. The molecule has 3 rings (SSSR count). The molecule has 0 saturated carbocycles. The van der Waals surface area contributed by atoms with Gasteiger partial charge in [-0.1, -0.05) is 6.07 Å². The number of aromatic nitrogens is 2. The van der Waals surface area contributed by atoms with Gasteiger partial charge < -0.3 is 10.3 Å². The minimum absolute atomic E-state index is 0.280. The number of nitrogens with two attached hydrogens (primary N) is 1. The molecule has 0 spiro atoms. The van der Waals surface area contributed by atoms with E-state index in [1.54, 1.807) is 0 Å². The van der Waals surface area contributed by atoms with E-state index in [1.807, 2.05) is 13.8 Å². The molecule has 3 heteroatoms. The second kappa shape index (κ2) is 3.08. The summed E-state index contributed by atoms with van der Waals surface area (Å²) in [5.41, 5.74) is 9.37. The molecule has 16 heavy (non-hydrogen) atoms. The van der Waals surface area contributed by atoms with E-state index in [0.29, 0.717) is 0 Å². The number of rotatable bonds is 1. The average molecular weight is 215 g/mol. The van der Waals surface area contributed by atoms with Crippen molar-refractivity contribution in [1.29, 1.82) is 0 Å². The van der Waals surface area contributed by atoms with E-state index < -0.39 is 0 Å². The lowest BCUT2D eigenvalue weighted by Gasteiger charge is -2.19. The highest BCUT2D eigenvalue weighted by molar-refractivity contribution is 5.77. The molecule has 0 atom stereocenters. The number of nitrogens with zero attached hydrogens (tertiary/aromatic N) is 2. The van der Waals surface area contributed by atoms with Crippen molar-refractivity contribution >= 4 is 11.0 Å². The molecule has 0 fully saturated rings. The van der Waals surface area contributed by atoms with Crippen LogP contribution in [0, 0.1) is 0 Å². The molecule has 1 aromatic heterocycles. The van der Waals surface area contributed by atoms with Crippen LogP contribution in [-0.2, 0) is 18.5 Å². The van der Waals surface area contributed by atoms with Gasteiger partial charge in [-0.3, -0.25) is 0 Å². The van der Waals surface area contributed by atoms with Crippen LogP contribution in [-0.4, -0.2) is 9.55 Å². The van der Waals surface area contributed by atoms with Gasteiger partial charge in [0.1, 0.15) is 5.82 Å². The van der Waals surface area contributed by atoms with Crippen LogP contribution >= 0.6 is 0 Å². The number of aryl methyl sites for hydroxylation is 2. The zero-order chi connectivity index (χ0) is 11.3. The van der Waals surface area contributed by atoms with E-state index in [0.717, 1.165) is 18.5 Å². The van der Waals surface area contributed by atoms with E-state index in [9.17, 15) is 0 Å². The summed E-state index contributed by atoms with van der Waals surface area (Å²) in [6, 6.07) is 6.37. The molecule has 2 aromatic rings. The summed E-state index contributed by atoms with van der Waals surface area (Å²) in [6.07, 6.45) is 2.32. The van der Waals surface area contributed by atoms with Gasteiger partial charge in [0.15, 0.2) is 0 Å². The summed E-state index contributed by atoms with van der Waals surface area (Å²) in [6.45, 7) is 5.17. The molecule has 0 bridgehead atoms. The summed E-state index contributed by atoms with van der Waals surface area (Å²) in [4.78, 5) is 4.64. The molecule has 0 radical (unpaired) electrons. The summed E-state index contributed by atoms with van der Waals surface area (Å²) >= 11 is 0. The lowest BCUT2D eigenvalue weighted by Crippen LogP contribution is -2.28. The van der Waals surface area contributed by atoms with Gasteiger partial charge in [0, 0.05) is 18.5 Å². The first kappa shape index (κ1) is 9.85. The average Bonchev–Trinajstić information content (AvgIpc) is 2.74. The molecule has 1 aliphatic rings. The molecule has 84 valence electrons. The normalized spacial score (nSPS) is 15.7. The Morgan fingerprint density at radius 3 is 2.94 bits per heavy atom. The second-order valence-electron chi connectivity index (χ2n) is 5.21. The van der Waals surface area contributed by atoms with Crippen LogP contribution in [0.1, 0.15) is 31.7 Å². The second-order valence-corrected chi connectivity index (χ2v) is 5.21. The maximum atomic E-state index is 6.13. The highest BCUT2D eigenvalue weighted by Crippen LogP contribution is 2.26. The van der Waals surface area contributed by atoms with Crippen molar-refractivity contribution in [2.24, 2.45) is 5.73 Å². The fourth-order valence-corrected chi connectivity index (χ4v) is 2.41. The Morgan fingerprint density at radius 2 is 2.19 bits per heavy atom. The number of hydrogen-bond donors (Lipinski definition) is 1. The number of benzene rings is 1. The maximum absolute atomic E-state index is 6.13. The monoisotopic (exact) mass is 215 g/mol. The van der Waals surface area contributed by atoms with E-state index in [-0.39, 0.29) is 5.54 Å². The molecule has 1 aromatic carbocycles. The topological polar surface area (TPSA) is 43.8 Å². The Hall–Kier alpha value is -1.35. The van der Waals surface area contributed by atoms with Crippen molar-refractivity contribution in [2.75, 3.05) is 0 Å². The zero-order valence-corrected chi connectivity index (χ0v) is 9.83. The van der Waals surface area contributed by atoms with Crippen molar-refractivity contribution < 1.29 is 0 Å². The van der Waals surface area contributed by atoms with Crippen LogP contribution in [0.25, 0.3) is 11.0 Å². The van der Waals surface area contributed by atoms with E-state index in [4.69, 9.17) is 5.73 Å². The van der Waals surface area contributed by atoms with Gasteiger partial charge in [-0.05, 0) is 38.0 Å². The third-order valence-corrected chi connectivity index (χ3v) is 3.35. The standard InChI is InChI=1S/C13H17N3/c1-13(2,14)9-5-6-10-11(8-9)16-7-3-4-12(16)15-10/h5-6,8H,3-4,7,14H2,1-2H3. The molecule has 0 aliphatic carbocycles. The largest absolute Gasteiger partial charge is 0.328 e. The third-order valence-electron chi connectivity index (χ3n) is 3.35. The predicted octanol–water partition coefficient (Wildman–Crippen LogP) is 2.18. The van der Waals surface area contributed by atoms with Gasteiger partial charge in [0.05, 0.1) is 11.0 Å². The van der Waals surface area contributed by atoms with Crippen LogP contribution in [0.2, 0.25) is 0 Å². The molecular formula is C13H17N3. The number of hydrogen-bond acceptors (Lipinski definition) is 2. The molecule has 2 heterocycles. The Bertz CT molecular complexity index is 546. The molecule has 1 aliphatic heterocycles. The molecule has 0 saturated heterocycles. The lowest BCUT2D eigenvalue weighted by atomic mass is 9.95. The third kappa shape index (κ3) is 1.35. The minimum atomic E-state index is -0.280. The SMILES string of the molecule is CC(C)(N)c1ccc2nc3n(c2c1)CCC3. The van der Waals surface area contributed by atoms with Crippen molar-refractivity contribution in [3.05, 3.63) is 29.6 Å². The molecule has 0 amide bonds. The first-order valence-electron chi connectivity index (χ1n) is 5.84. The fourth-order valence-electron chi connectivity index (χ4n) is 2.41. The Labute approximate surface area is 95.3 Å². The van der Waals surface area contributed by atoms with Crippen LogP contribution in [0.3, 0.4) is 0 Å². The lowest BCUT2D eigenvalue weighted by molar-refractivity contribution is 0.555.